The second-order valence-corrected chi connectivity index (χ2v) is 6.54. The van der Waals surface area contributed by atoms with Crippen molar-refractivity contribution in [1.82, 2.24) is 10.2 Å². The molecule has 5 nitrogen and oxygen atoms in total. The Kier molecular flexibility index (Phi) is 3.85. The van der Waals surface area contributed by atoms with Crippen LogP contribution in [-0.4, -0.2) is 48.1 Å². The number of nitrogens with one attached hydrogen (secondary N) is 1. The summed E-state index contributed by atoms with van der Waals surface area (Å²) in [5.41, 5.74) is -0.255. The Morgan fingerprint density at radius 1 is 1.32 bits per heavy atom. The van der Waals surface area contributed by atoms with E-state index in [1.54, 1.807) is 4.90 Å². The molecule has 2 rings (SSSR count). The van der Waals surface area contributed by atoms with Gasteiger partial charge in [0.05, 0.1) is 12.6 Å². The summed E-state index contributed by atoms with van der Waals surface area (Å²) in [7, 11) is 0. The van der Waals surface area contributed by atoms with Crippen molar-refractivity contribution in [3.05, 3.63) is 0 Å². The van der Waals surface area contributed by atoms with Crippen LogP contribution in [0.2, 0.25) is 0 Å². The lowest BCUT2D eigenvalue weighted by Gasteiger charge is -2.47. The summed E-state index contributed by atoms with van der Waals surface area (Å²) in [4.78, 5) is 26.0. The smallest absolute Gasteiger partial charge is 0.246 e. The molecule has 2 aliphatic rings. The van der Waals surface area contributed by atoms with Gasteiger partial charge >= 0.3 is 0 Å². The first-order valence-corrected chi connectivity index (χ1v) is 7.04. The molecule has 2 amide bonds. The summed E-state index contributed by atoms with van der Waals surface area (Å²) in [6, 6.07) is -0.250. The zero-order valence-corrected chi connectivity index (χ0v) is 12.2. The van der Waals surface area contributed by atoms with Gasteiger partial charge in [-0.2, -0.15) is 0 Å². The summed E-state index contributed by atoms with van der Waals surface area (Å²) < 4.78 is 5.52. The minimum atomic E-state index is -0.417. The van der Waals surface area contributed by atoms with E-state index >= 15 is 0 Å². The molecule has 1 saturated heterocycles. The van der Waals surface area contributed by atoms with Gasteiger partial charge in [-0.25, -0.2) is 0 Å². The van der Waals surface area contributed by atoms with E-state index in [1.807, 2.05) is 27.7 Å². The minimum Gasteiger partial charge on any atom is -0.378 e. The zero-order valence-electron chi connectivity index (χ0n) is 12.2. The predicted octanol–water partition coefficient (Wildman–Crippen LogP) is 0.927. The molecule has 0 spiro atoms. The number of hydrogen-bond donors (Lipinski definition) is 1. The molecule has 0 aromatic rings. The lowest BCUT2D eigenvalue weighted by atomic mass is 9.82. The molecule has 1 unspecified atom stereocenters. The molecule has 0 bridgehead atoms. The maximum atomic E-state index is 12.5. The second-order valence-electron chi connectivity index (χ2n) is 6.54. The van der Waals surface area contributed by atoms with Gasteiger partial charge in [0.1, 0.15) is 6.04 Å². The maximum Gasteiger partial charge on any atom is 0.246 e. The highest BCUT2D eigenvalue weighted by Crippen LogP contribution is 2.32. The van der Waals surface area contributed by atoms with E-state index in [0.717, 1.165) is 12.8 Å². The van der Waals surface area contributed by atoms with Crippen LogP contribution >= 0.6 is 0 Å². The summed E-state index contributed by atoms with van der Waals surface area (Å²) in [5.74, 6) is -0.00793. The molecule has 2 fully saturated rings. The van der Waals surface area contributed by atoms with Crippen LogP contribution in [0.1, 0.15) is 40.5 Å². The van der Waals surface area contributed by atoms with Crippen molar-refractivity contribution in [2.75, 3.05) is 13.2 Å². The maximum absolute atomic E-state index is 12.5. The normalized spacial score (nSPS) is 32.0. The molecule has 1 saturated carbocycles. The Morgan fingerprint density at radius 2 is 1.95 bits per heavy atom. The van der Waals surface area contributed by atoms with E-state index in [9.17, 15) is 9.59 Å². The van der Waals surface area contributed by atoms with Crippen molar-refractivity contribution in [3.8, 4) is 0 Å². The van der Waals surface area contributed by atoms with E-state index < -0.39 is 6.04 Å². The van der Waals surface area contributed by atoms with Gasteiger partial charge in [-0.15, -0.1) is 0 Å². The number of rotatable bonds is 3. The summed E-state index contributed by atoms with van der Waals surface area (Å²) in [6.45, 7) is 8.79. The monoisotopic (exact) mass is 268 g/mol. The molecule has 1 atom stereocenters. The van der Waals surface area contributed by atoms with Gasteiger partial charge in [0.15, 0.2) is 0 Å². The van der Waals surface area contributed by atoms with Crippen LogP contribution in [0.3, 0.4) is 0 Å². The highest BCUT2D eigenvalue weighted by Gasteiger charge is 2.45. The fraction of sp³-hybridized carbons (Fsp3) is 0.857. The average Bonchev–Trinajstić information content (AvgIpc) is 2.24. The van der Waals surface area contributed by atoms with Crippen LogP contribution in [0.25, 0.3) is 0 Å². The number of piperazine rings is 1. The van der Waals surface area contributed by atoms with E-state index in [2.05, 4.69) is 5.32 Å². The molecule has 1 heterocycles. The molecule has 0 aromatic carbocycles. The quantitative estimate of drug-likeness (QED) is 0.828. The first kappa shape index (κ1) is 14.3. The summed E-state index contributed by atoms with van der Waals surface area (Å²) in [6.07, 6.45) is 1.95. The molecule has 5 heteroatoms. The Labute approximate surface area is 114 Å². The van der Waals surface area contributed by atoms with Crippen LogP contribution in [0.15, 0.2) is 0 Å². The van der Waals surface area contributed by atoms with Crippen molar-refractivity contribution in [3.63, 3.8) is 0 Å². The third-order valence-electron chi connectivity index (χ3n) is 3.93. The van der Waals surface area contributed by atoms with Crippen LogP contribution in [0.5, 0.6) is 0 Å². The SMILES string of the molecule is CCOC1CC(N2CC(=O)NC(C(C)(C)C)C2=O)C1. The standard InChI is InChI=1S/C14H24N2O3/c1-5-19-10-6-9(7-10)16-8-11(17)15-12(13(16)18)14(2,3)4/h9-10,12H,5-8H2,1-4H3,(H,15,17). The lowest BCUT2D eigenvalue weighted by Crippen LogP contribution is -2.66. The van der Waals surface area contributed by atoms with Gasteiger partial charge < -0.3 is 15.0 Å². The molecule has 0 radical (unpaired) electrons. The molecule has 108 valence electrons. The minimum absolute atomic E-state index is 0.0482. The zero-order chi connectivity index (χ0) is 14.2. The van der Waals surface area contributed by atoms with Crippen LogP contribution in [-0.2, 0) is 14.3 Å². The van der Waals surface area contributed by atoms with Crippen molar-refractivity contribution in [2.45, 2.75) is 58.7 Å². The van der Waals surface area contributed by atoms with Crippen molar-refractivity contribution >= 4 is 11.8 Å². The first-order chi connectivity index (χ1) is 8.82. The van der Waals surface area contributed by atoms with Gasteiger partial charge in [0, 0.05) is 12.6 Å². The van der Waals surface area contributed by atoms with E-state index in [1.165, 1.54) is 0 Å². The highest BCUT2D eigenvalue weighted by molar-refractivity contribution is 5.95. The van der Waals surface area contributed by atoms with E-state index in [0.29, 0.717) is 6.61 Å². The van der Waals surface area contributed by atoms with Crippen molar-refractivity contribution < 1.29 is 14.3 Å². The van der Waals surface area contributed by atoms with Gasteiger partial charge in [-0.05, 0) is 25.2 Å². The topological polar surface area (TPSA) is 58.6 Å². The van der Waals surface area contributed by atoms with Crippen LogP contribution in [0, 0.1) is 5.41 Å². The fourth-order valence-corrected chi connectivity index (χ4v) is 2.73. The second kappa shape index (κ2) is 5.12. The van der Waals surface area contributed by atoms with Gasteiger partial charge in [0.2, 0.25) is 11.8 Å². The Bertz CT molecular complexity index is 369. The Hall–Kier alpha value is -1.10. The largest absolute Gasteiger partial charge is 0.378 e. The molecule has 0 aromatic heterocycles. The highest BCUT2D eigenvalue weighted by atomic mass is 16.5. The van der Waals surface area contributed by atoms with Crippen molar-refractivity contribution in [1.29, 1.82) is 0 Å². The lowest BCUT2D eigenvalue weighted by molar-refractivity contribution is -0.155. The Morgan fingerprint density at radius 3 is 2.47 bits per heavy atom. The molecule has 1 aliphatic carbocycles. The van der Waals surface area contributed by atoms with E-state index in [-0.39, 0.29) is 35.9 Å². The summed E-state index contributed by atoms with van der Waals surface area (Å²) in [5, 5.41) is 2.81. The summed E-state index contributed by atoms with van der Waals surface area (Å²) >= 11 is 0. The van der Waals surface area contributed by atoms with Crippen molar-refractivity contribution in [2.24, 2.45) is 5.41 Å². The fourth-order valence-electron chi connectivity index (χ4n) is 2.73. The number of hydrogen-bond acceptors (Lipinski definition) is 3. The number of nitrogens with zero attached hydrogens (tertiary/aromatic N) is 1. The molecule has 1 N–H and O–H groups in total. The van der Waals surface area contributed by atoms with E-state index in [4.69, 9.17) is 4.74 Å². The predicted molar refractivity (Wildman–Crippen MR) is 71.5 cm³/mol. The van der Waals surface area contributed by atoms with Crippen LogP contribution in [0.4, 0.5) is 0 Å². The number of carbonyl (C=O) groups is 2. The Balaban J connectivity index is 2.01. The molecule has 19 heavy (non-hydrogen) atoms. The van der Waals surface area contributed by atoms with Gasteiger partial charge in [-0.1, -0.05) is 20.8 Å². The van der Waals surface area contributed by atoms with Gasteiger partial charge in [-0.3, -0.25) is 9.59 Å². The average molecular weight is 268 g/mol. The third kappa shape index (κ3) is 2.91. The first-order valence-electron chi connectivity index (χ1n) is 7.04. The number of carbonyl (C=O) groups excluding carboxylic acids is 2. The van der Waals surface area contributed by atoms with Gasteiger partial charge in [0.25, 0.3) is 0 Å². The third-order valence-corrected chi connectivity index (χ3v) is 3.93. The van der Waals surface area contributed by atoms with Crippen LogP contribution < -0.4 is 5.32 Å². The molecular formula is C14H24N2O3. The molecule has 1 aliphatic heterocycles. The molecular weight excluding hydrogens is 244 g/mol. The number of amides is 2. The number of ether oxygens (including phenoxy) is 1.